The largest absolute Gasteiger partial charge is 0.480 e. The number of pyridine rings is 1. The highest BCUT2D eigenvalue weighted by Crippen LogP contribution is 2.15. The minimum Gasteiger partial charge on any atom is -0.480 e. The second-order valence-electron chi connectivity index (χ2n) is 4.32. The van der Waals surface area contributed by atoms with E-state index < -0.39 is 12.0 Å². The molecule has 1 unspecified atom stereocenters. The molecule has 4 N–H and O–H groups in total. The second-order valence-corrected chi connectivity index (χ2v) is 4.32. The topological polar surface area (TPSA) is 88.2 Å². The maximum absolute atomic E-state index is 10.8. The number of rotatable bonds is 6. The number of nitrogens with one attached hydrogen (secondary N) is 1. The van der Waals surface area contributed by atoms with E-state index in [1.807, 2.05) is 30.3 Å². The molecule has 0 saturated heterocycles. The van der Waals surface area contributed by atoms with Crippen molar-refractivity contribution in [3.8, 4) is 0 Å². The SMILES string of the molecule is NCC(NCCc1cccc2cccnc12)C(=O)O. The number of hydrogen-bond donors (Lipinski definition) is 3. The molecule has 1 heterocycles. The molecule has 1 aromatic heterocycles. The van der Waals surface area contributed by atoms with E-state index in [4.69, 9.17) is 10.8 Å². The quantitative estimate of drug-likeness (QED) is 0.713. The number of benzene rings is 1. The van der Waals surface area contributed by atoms with Crippen LogP contribution in [-0.2, 0) is 11.2 Å². The molecular weight excluding hydrogens is 242 g/mol. The first-order valence-electron chi connectivity index (χ1n) is 6.21. The van der Waals surface area contributed by atoms with E-state index in [1.165, 1.54) is 0 Å². The fourth-order valence-electron chi connectivity index (χ4n) is 2.02. The van der Waals surface area contributed by atoms with Crippen LogP contribution in [0.25, 0.3) is 10.9 Å². The van der Waals surface area contributed by atoms with Crippen LogP contribution in [0.3, 0.4) is 0 Å². The van der Waals surface area contributed by atoms with Crippen molar-refractivity contribution in [1.82, 2.24) is 10.3 Å². The lowest BCUT2D eigenvalue weighted by molar-refractivity contribution is -0.139. The van der Waals surface area contributed by atoms with Gasteiger partial charge in [0, 0.05) is 24.7 Å². The van der Waals surface area contributed by atoms with Crippen molar-refractivity contribution in [3.63, 3.8) is 0 Å². The number of para-hydroxylation sites is 1. The van der Waals surface area contributed by atoms with Gasteiger partial charge in [0.15, 0.2) is 0 Å². The molecule has 19 heavy (non-hydrogen) atoms. The molecule has 0 radical (unpaired) electrons. The van der Waals surface area contributed by atoms with Crippen molar-refractivity contribution >= 4 is 16.9 Å². The van der Waals surface area contributed by atoms with E-state index in [2.05, 4.69) is 10.3 Å². The lowest BCUT2D eigenvalue weighted by Crippen LogP contribution is -2.43. The Labute approximate surface area is 111 Å². The summed E-state index contributed by atoms with van der Waals surface area (Å²) in [6.45, 7) is 0.646. The van der Waals surface area contributed by atoms with Gasteiger partial charge in [-0.3, -0.25) is 9.78 Å². The summed E-state index contributed by atoms with van der Waals surface area (Å²) in [5.41, 5.74) is 7.46. The summed E-state index contributed by atoms with van der Waals surface area (Å²) >= 11 is 0. The number of aromatic nitrogens is 1. The van der Waals surface area contributed by atoms with Gasteiger partial charge in [-0.2, -0.15) is 0 Å². The molecule has 0 aliphatic carbocycles. The molecular formula is C14H17N3O2. The Bertz CT molecular complexity index is 566. The predicted molar refractivity (Wildman–Crippen MR) is 73.9 cm³/mol. The maximum Gasteiger partial charge on any atom is 0.322 e. The summed E-state index contributed by atoms with van der Waals surface area (Å²) in [4.78, 5) is 15.2. The Morgan fingerprint density at radius 1 is 1.37 bits per heavy atom. The highest BCUT2D eigenvalue weighted by molar-refractivity contribution is 5.81. The molecule has 2 aromatic rings. The number of nitrogens with two attached hydrogens (primary N) is 1. The summed E-state index contributed by atoms with van der Waals surface area (Å²) in [5, 5.41) is 12.9. The second kappa shape index (κ2) is 6.26. The van der Waals surface area contributed by atoms with Crippen molar-refractivity contribution in [3.05, 3.63) is 42.1 Å². The van der Waals surface area contributed by atoms with E-state index in [0.717, 1.165) is 22.9 Å². The molecule has 0 spiro atoms. The zero-order chi connectivity index (χ0) is 13.7. The van der Waals surface area contributed by atoms with Gasteiger partial charge >= 0.3 is 5.97 Å². The summed E-state index contributed by atoms with van der Waals surface area (Å²) < 4.78 is 0. The van der Waals surface area contributed by atoms with Crippen LogP contribution in [0.15, 0.2) is 36.5 Å². The van der Waals surface area contributed by atoms with Gasteiger partial charge in [0.2, 0.25) is 0 Å². The molecule has 0 fully saturated rings. The number of nitrogens with zero attached hydrogens (tertiary/aromatic N) is 1. The van der Waals surface area contributed by atoms with Crippen LogP contribution >= 0.6 is 0 Å². The van der Waals surface area contributed by atoms with E-state index in [0.29, 0.717) is 6.54 Å². The lowest BCUT2D eigenvalue weighted by atomic mass is 10.1. The number of carbonyl (C=O) groups is 1. The lowest BCUT2D eigenvalue weighted by Gasteiger charge is -2.12. The standard InChI is InChI=1S/C14H17N3O2/c15-9-12(14(18)19)16-8-6-11-4-1-3-10-5-2-7-17-13(10)11/h1-5,7,12,16H,6,8-9,15H2,(H,18,19). The molecule has 1 aromatic carbocycles. The Balaban J connectivity index is 2.04. The average Bonchev–Trinajstić information content (AvgIpc) is 2.43. The summed E-state index contributed by atoms with van der Waals surface area (Å²) in [5.74, 6) is -0.918. The van der Waals surface area contributed by atoms with Gasteiger partial charge < -0.3 is 16.2 Å². The van der Waals surface area contributed by atoms with Gasteiger partial charge in [0.05, 0.1) is 5.52 Å². The monoisotopic (exact) mass is 259 g/mol. The molecule has 0 aliphatic rings. The van der Waals surface area contributed by atoms with Crippen LogP contribution in [0.2, 0.25) is 0 Å². The van der Waals surface area contributed by atoms with Gasteiger partial charge in [0.1, 0.15) is 6.04 Å². The zero-order valence-corrected chi connectivity index (χ0v) is 10.5. The third kappa shape index (κ3) is 3.27. The predicted octanol–water partition coefficient (Wildman–Crippen LogP) is 0.779. The van der Waals surface area contributed by atoms with Crippen molar-refractivity contribution in [1.29, 1.82) is 0 Å². The Morgan fingerprint density at radius 2 is 2.16 bits per heavy atom. The van der Waals surface area contributed by atoms with Crippen molar-refractivity contribution < 1.29 is 9.90 Å². The van der Waals surface area contributed by atoms with Crippen LogP contribution in [0.4, 0.5) is 0 Å². The summed E-state index contributed by atoms with van der Waals surface area (Å²) in [6.07, 6.45) is 2.48. The van der Waals surface area contributed by atoms with E-state index >= 15 is 0 Å². The number of fused-ring (bicyclic) bond motifs is 1. The highest BCUT2D eigenvalue weighted by atomic mass is 16.4. The van der Waals surface area contributed by atoms with Gasteiger partial charge in [-0.05, 0) is 18.1 Å². The molecule has 2 rings (SSSR count). The molecule has 1 atom stereocenters. The third-order valence-corrected chi connectivity index (χ3v) is 3.04. The maximum atomic E-state index is 10.8. The van der Waals surface area contributed by atoms with Gasteiger partial charge in [-0.25, -0.2) is 0 Å². The fourth-order valence-corrected chi connectivity index (χ4v) is 2.02. The summed E-state index contributed by atoms with van der Waals surface area (Å²) in [7, 11) is 0. The van der Waals surface area contributed by atoms with Gasteiger partial charge in [-0.1, -0.05) is 24.3 Å². The van der Waals surface area contributed by atoms with E-state index in [-0.39, 0.29) is 6.54 Å². The molecule has 0 bridgehead atoms. The van der Waals surface area contributed by atoms with Gasteiger partial charge in [0.25, 0.3) is 0 Å². The fraction of sp³-hybridized carbons (Fsp3) is 0.286. The first kappa shape index (κ1) is 13.5. The zero-order valence-electron chi connectivity index (χ0n) is 10.5. The van der Waals surface area contributed by atoms with E-state index in [1.54, 1.807) is 6.20 Å². The van der Waals surface area contributed by atoms with Gasteiger partial charge in [-0.15, -0.1) is 0 Å². The van der Waals surface area contributed by atoms with Crippen LogP contribution in [0.5, 0.6) is 0 Å². The van der Waals surface area contributed by atoms with Crippen LogP contribution in [0, 0.1) is 0 Å². The number of aliphatic carboxylic acids is 1. The minimum atomic E-state index is -0.918. The Morgan fingerprint density at radius 3 is 2.89 bits per heavy atom. The molecule has 5 heteroatoms. The molecule has 0 aliphatic heterocycles. The smallest absolute Gasteiger partial charge is 0.322 e. The number of carboxylic acids is 1. The summed E-state index contributed by atoms with van der Waals surface area (Å²) in [6, 6.07) is 9.23. The average molecular weight is 259 g/mol. The van der Waals surface area contributed by atoms with Crippen molar-refractivity contribution in [2.24, 2.45) is 5.73 Å². The van der Waals surface area contributed by atoms with Crippen LogP contribution < -0.4 is 11.1 Å². The van der Waals surface area contributed by atoms with Crippen LogP contribution in [0.1, 0.15) is 5.56 Å². The normalized spacial score (nSPS) is 12.5. The number of hydrogen-bond acceptors (Lipinski definition) is 4. The Kier molecular flexibility index (Phi) is 4.43. The Hall–Kier alpha value is -1.98. The molecule has 0 amide bonds. The molecule has 100 valence electrons. The first-order valence-corrected chi connectivity index (χ1v) is 6.21. The minimum absolute atomic E-state index is 0.0864. The number of carboxylic acid groups (broad SMARTS) is 1. The highest BCUT2D eigenvalue weighted by Gasteiger charge is 2.13. The van der Waals surface area contributed by atoms with Crippen LogP contribution in [-0.4, -0.2) is 35.2 Å². The van der Waals surface area contributed by atoms with Crippen molar-refractivity contribution in [2.75, 3.05) is 13.1 Å². The molecule has 0 saturated carbocycles. The van der Waals surface area contributed by atoms with Crippen molar-refractivity contribution in [2.45, 2.75) is 12.5 Å². The van der Waals surface area contributed by atoms with E-state index in [9.17, 15) is 4.79 Å². The third-order valence-electron chi connectivity index (χ3n) is 3.04. The first-order chi connectivity index (χ1) is 9.22. The molecule has 5 nitrogen and oxygen atoms in total.